The second kappa shape index (κ2) is 4.20. The van der Waals surface area contributed by atoms with Gasteiger partial charge in [0.2, 0.25) is 5.85 Å². The zero-order chi connectivity index (χ0) is 14.4. The number of alkyl halides is 1. The number of anilines is 1. The summed E-state index contributed by atoms with van der Waals surface area (Å²) in [5.74, 6) is -1.43. The lowest BCUT2D eigenvalue weighted by Crippen LogP contribution is -2.30. The zero-order valence-electron chi connectivity index (χ0n) is 11.2. The summed E-state index contributed by atoms with van der Waals surface area (Å²) >= 11 is 0. The quantitative estimate of drug-likeness (QED) is 0.842. The molecule has 1 unspecified atom stereocenters. The van der Waals surface area contributed by atoms with Crippen molar-refractivity contribution in [1.82, 2.24) is 9.97 Å². The van der Waals surface area contributed by atoms with Crippen LogP contribution in [0.25, 0.3) is 12.2 Å². The highest BCUT2D eigenvalue weighted by molar-refractivity contribution is 5.58. The average Bonchev–Trinajstić information content (AvgIpc) is 2.53. The minimum Gasteiger partial charge on any atom is -0.343 e. The van der Waals surface area contributed by atoms with Gasteiger partial charge in [-0.25, -0.2) is 14.4 Å². The zero-order valence-corrected chi connectivity index (χ0v) is 11.2. The maximum Gasteiger partial charge on any atom is 0.250 e. The van der Waals surface area contributed by atoms with Crippen LogP contribution >= 0.6 is 0 Å². The lowest BCUT2D eigenvalue weighted by atomic mass is 10.1. The van der Waals surface area contributed by atoms with Crippen molar-refractivity contribution in [2.75, 3.05) is 12.5 Å². The predicted molar refractivity (Wildman–Crippen MR) is 74.9 cm³/mol. The lowest BCUT2D eigenvalue weighted by molar-refractivity contribution is -0.0230. The summed E-state index contributed by atoms with van der Waals surface area (Å²) in [7, 11) is 1.31. The molecule has 2 aliphatic rings. The van der Waals surface area contributed by atoms with Gasteiger partial charge in [-0.15, -0.1) is 0 Å². The molecule has 0 spiro atoms. The summed E-state index contributed by atoms with van der Waals surface area (Å²) in [6.07, 6.45) is 4.21. The SMILES string of the molecule is COC1(F)C=Cc2nc3c(nc2=C1)NN=c1ccccc1=3. The Balaban J connectivity index is 2.11. The molecule has 21 heavy (non-hydrogen) atoms. The normalized spacial score (nSPS) is 21.2. The summed E-state index contributed by atoms with van der Waals surface area (Å²) < 4.78 is 19.0. The first kappa shape index (κ1) is 12.2. The Bertz CT molecular complexity index is 986. The first-order chi connectivity index (χ1) is 10.2. The molecular weight excluding hydrogens is 271 g/mol. The number of rotatable bonds is 1. The second-order valence-electron chi connectivity index (χ2n) is 4.81. The third-order valence-electron chi connectivity index (χ3n) is 3.51. The van der Waals surface area contributed by atoms with Crippen molar-refractivity contribution >= 4 is 18.0 Å². The number of aromatic nitrogens is 2. The molecule has 0 amide bonds. The van der Waals surface area contributed by atoms with Crippen molar-refractivity contribution in [3.63, 3.8) is 0 Å². The number of ether oxygens (including phenoxy) is 1. The largest absolute Gasteiger partial charge is 0.343 e. The molecule has 5 nitrogen and oxygen atoms in total. The molecule has 2 heterocycles. The average molecular weight is 282 g/mol. The number of para-hydroxylation sites is 1. The first-order valence-electron chi connectivity index (χ1n) is 6.46. The number of nitrogens with zero attached hydrogens (tertiary/aromatic N) is 3. The lowest BCUT2D eigenvalue weighted by Gasteiger charge is -2.18. The van der Waals surface area contributed by atoms with Crippen LogP contribution < -0.4 is 16.1 Å². The Kier molecular flexibility index (Phi) is 2.43. The molecule has 0 fully saturated rings. The Morgan fingerprint density at radius 3 is 2.95 bits per heavy atom. The molecule has 4 rings (SSSR count). The van der Waals surface area contributed by atoms with Crippen LogP contribution in [0.2, 0.25) is 0 Å². The van der Waals surface area contributed by atoms with Crippen LogP contribution in [0, 0.1) is 10.6 Å². The Labute approximate surface area is 118 Å². The maximum atomic E-state index is 14.2. The van der Waals surface area contributed by atoms with Gasteiger partial charge in [0.05, 0.1) is 16.4 Å². The second-order valence-corrected chi connectivity index (χ2v) is 4.81. The van der Waals surface area contributed by atoms with E-state index in [4.69, 9.17) is 4.74 Å². The maximum absolute atomic E-state index is 14.2. The Morgan fingerprint density at radius 1 is 1.24 bits per heavy atom. The number of methoxy groups -OCH3 is 1. The van der Waals surface area contributed by atoms with E-state index < -0.39 is 5.85 Å². The molecular formula is C15H11FN4O. The van der Waals surface area contributed by atoms with E-state index in [1.54, 1.807) is 6.08 Å². The van der Waals surface area contributed by atoms with E-state index in [1.165, 1.54) is 19.3 Å². The highest BCUT2D eigenvalue weighted by atomic mass is 19.2. The topological polar surface area (TPSA) is 59.4 Å². The van der Waals surface area contributed by atoms with Crippen molar-refractivity contribution in [2.24, 2.45) is 5.10 Å². The van der Waals surface area contributed by atoms with E-state index in [2.05, 4.69) is 20.5 Å². The molecule has 1 aromatic heterocycles. The first-order valence-corrected chi connectivity index (χ1v) is 6.46. The van der Waals surface area contributed by atoms with Gasteiger partial charge in [0, 0.05) is 18.4 Å². The smallest absolute Gasteiger partial charge is 0.250 e. The van der Waals surface area contributed by atoms with Gasteiger partial charge >= 0.3 is 0 Å². The third kappa shape index (κ3) is 1.84. The van der Waals surface area contributed by atoms with Gasteiger partial charge in [0.15, 0.2) is 5.82 Å². The van der Waals surface area contributed by atoms with Crippen LogP contribution in [-0.4, -0.2) is 22.9 Å². The number of hydrogen-bond donors (Lipinski definition) is 1. The van der Waals surface area contributed by atoms with Crippen molar-refractivity contribution < 1.29 is 9.13 Å². The van der Waals surface area contributed by atoms with E-state index >= 15 is 0 Å². The van der Waals surface area contributed by atoms with Crippen molar-refractivity contribution in [1.29, 1.82) is 0 Å². The standard InChI is InChI=1S/C15H11FN4O/c1-21-15(16)7-6-11-12(8-15)18-14-13(17-11)9-4-2-3-5-10(9)19-20-14/h2-8H,1H3,(H,18,20). The Hall–Kier alpha value is -2.60. The number of fused-ring (bicyclic) bond motifs is 3. The van der Waals surface area contributed by atoms with Crippen LogP contribution in [0.4, 0.5) is 10.2 Å². The van der Waals surface area contributed by atoms with Crippen LogP contribution in [0.3, 0.4) is 0 Å². The van der Waals surface area contributed by atoms with E-state index in [9.17, 15) is 4.39 Å². The van der Waals surface area contributed by atoms with E-state index in [0.717, 1.165) is 10.6 Å². The van der Waals surface area contributed by atoms with Gasteiger partial charge in [-0.2, -0.15) is 5.10 Å². The monoisotopic (exact) mass is 282 g/mol. The van der Waals surface area contributed by atoms with Gasteiger partial charge in [0.25, 0.3) is 0 Å². The highest BCUT2D eigenvalue weighted by Gasteiger charge is 2.26. The van der Waals surface area contributed by atoms with E-state index in [-0.39, 0.29) is 0 Å². The van der Waals surface area contributed by atoms with Gasteiger partial charge < -0.3 is 4.74 Å². The summed E-state index contributed by atoms with van der Waals surface area (Å²) in [6.45, 7) is 0. The summed E-state index contributed by atoms with van der Waals surface area (Å²) in [4.78, 5) is 8.97. The summed E-state index contributed by atoms with van der Waals surface area (Å²) in [6, 6.07) is 7.66. The molecule has 1 N–H and O–H groups in total. The van der Waals surface area contributed by atoms with Gasteiger partial charge in [-0.3, -0.25) is 5.43 Å². The summed E-state index contributed by atoms with van der Waals surface area (Å²) in [5, 5.41) is 7.08. The Morgan fingerprint density at radius 2 is 2.10 bits per heavy atom. The molecule has 0 saturated carbocycles. The molecule has 1 aliphatic heterocycles. The summed E-state index contributed by atoms with van der Waals surface area (Å²) in [5.41, 5.74) is 3.47. The fraction of sp³-hybridized carbons (Fsp3) is 0.133. The number of halogens is 1. The predicted octanol–water partition coefficient (Wildman–Crippen LogP) is 0.843. The molecule has 0 radical (unpaired) electrons. The molecule has 2 aromatic rings. The minimum absolute atomic E-state index is 0.433. The van der Waals surface area contributed by atoms with Crippen LogP contribution in [-0.2, 0) is 4.74 Å². The van der Waals surface area contributed by atoms with Gasteiger partial charge in [0.1, 0.15) is 5.35 Å². The van der Waals surface area contributed by atoms with Crippen molar-refractivity contribution in [2.45, 2.75) is 5.85 Å². The number of nitrogens with one attached hydrogen (secondary N) is 1. The fourth-order valence-electron chi connectivity index (χ4n) is 2.39. The fourth-order valence-corrected chi connectivity index (χ4v) is 2.39. The van der Waals surface area contributed by atoms with Crippen LogP contribution in [0.15, 0.2) is 35.4 Å². The van der Waals surface area contributed by atoms with Crippen LogP contribution in [0.5, 0.6) is 0 Å². The molecule has 1 aromatic carbocycles. The third-order valence-corrected chi connectivity index (χ3v) is 3.51. The molecule has 0 bridgehead atoms. The molecule has 6 heteroatoms. The number of benzene rings is 1. The van der Waals surface area contributed by atoms with Crippen molar-refractivity contribution in [3.05, 3.63) is 57.3 Å². The van der Waals surface area contributed by atoms with Gasteiger partial charge in [-0.1, -0.05) is 18.2 Å². The number of hydrogen-bond acceptors (Lipinski definition) is 5. The molecule has 0 saturated heterocycles. The van der Waals surface area contributed by atoms with E-state index in [1.807, 2.05) is 24.3 Å². The van der Waals surface area contributed by atoms with Gasteiger partial charge in [-0.05, 0) is 18.2 Å². The van der Waals surface area contributed by atoms with E-state index in [0.29, 0.717) is 22.2 Å². The van der Waals surface area contributed by atoms with Crippen LogP contribution in [0.1, 0.15) is 5.69 Å². The molecule has 104 valence electrons. The molecule has 1 aliphatic carbocycles. The molecule has 1 atom stereocenters. The minimum atomic E-state index is -1.94. The highest BCUT2D eigenvalue weighted by Crippen LogP contribution is 2.20. The van der Waals surface area contributed by atoms with Crippen molar-refractivity contribution in [3.8, 4) is 0 Å².